The number of aryl methyl sites for hydroxylation is 2. The molecule has 0 spiro atoms. The summed E-state index contributed by atoms with van der Waals surface area (Å²) < 4.78 is 18.1. The van der Waals surface area contributed by atoms with Crippen molar-refractivity contribution >= 4 is 33.3 Å². The Hall–Kier alpha value is -2.57. The van der Waals surface area contributed by atoms with E-state index in [1.807, 2.05) is 62.4 Å². The van der Waals surface area contributed by atoms with E-state index in [-0.39, 0.29) is 17.6 Å². The van der Waals surface area contributed by atoms with Gasteiger partial charge in [-0.1, -0.05) is 30.3 Å². The zero-order valence-corrected chi connectivity index (χ0v) is 18.8. The van der Waals surface area contributed by atoms with Gasteiger partial charge in [0.2, 0.25) is 5.91 Å². The molecular formula is C25H28N2O3S. The van der Waals surface area contributed by atoms with Crippen molar-refractivity contribution in [2.24, 2.45) is 0 Å². The zero-order valence-electron chi connectivity index (χ0n) is 18.0. The van der Waals surface area contributed by atoms with Gasteiger partial charge in [0.25, 0.3) is 0 Å². The monoisotopic (exact) mass is 436 g/mol. The van der Waals surface area contributed by atoms with Gasteiger partial charge in [-0.25, -0.2) is 0 Å². The predicted molar refractivity (Wildman–Crippen MR) is 126 cm³/mol. The fourth-order valence-electron chi connectivity index (χ4n) is 4.16. The Morgan fingerprint density at radius 1 is 1.13 bits per heavy atom. The number of anilines is 1. The Morgan fingerprint density at radius 2 is 1.90 bits per heavy atom. The Bertz CT molecular complexity index is 1120. The highest BCUT2D eigenvalue weighted by atomic mass is 32.2. The number of rotatable bonds is 6. The summed E-state index contributed by atoms with van der Waals surface area (Å²) in [5.41, 5.74) is 5.60. The third-order valence-corrected chi connectivity index (χ3v) is 7.72. The standard InChI is InChI=1S/C25H28N2O3S/c1-17-22-8-3-4-9-24(22)26-18(2)23(17)15-25(28)27-20-7-5-6-19(14-20)16-31(29)21-10-12-30-13-11-21/h3-9,14,21H,10-13,15-16H2,1-2H3,(H,27,28). The maximum Gasteiger partial charge on any atom is 0.228 e. The lowest BCUT2D eigenvalue weighted by atomic mass is 9.99. The quantitative estimate of drug-likeness (QED) is 0.619. The molecule has 162 valence electrons. The van der Waals surface area contributed by atoms with Crippen LogP contribution in [0.5, 0.6) is 0 Å². The van der Waals surface area contributed by atoms with Gasteiger partial charge < -0.3 is 10.1 Å². The number of fused-ring (bicyclic) bond motifs is 1. The van der Waals surface area contributed by atoms with E-state index in [4.69, 9.17) is 4.74 Å². The van der Waals surface area contributed by atoms with E-state index in [0.717, 1.165) is 51.8 Å². The van der Waals surface area contributed by atoms with Crippen molar-refractivity contribution in [2.45, 2.75) is 44.1 Å². The molecule has 6 heteroatoms. The van der Waals surface area contributed by atoms with Crippen LogP contribution in [0.25, 0.3) is 10.9 Å². The smallest absolute Gasteiger partial charge is 0.228 e. The van der Waals surface area contributed by atoms with Gasteiger partial charge >= 0.3 is 0 Å². The Balaban J connectivity index is 1.44. The largest absolute Gasteiger partial charge is 0.381 e. The first kappa shape index (κ1) is 21.7. The summed E-state index contributed by atoms with van der Waals surface area (Å²) in [6.07, 6.45) is 1.97. The lowest BCUT2D eigenvalue weighted by Gasteiger charge is -2.21. The van der Waals surface area contributed by atoms with Crippen molar-refractivity contribution in [1.82, 2.24) is 4.98 Å². The Morgan fingerprint density at radius 3 is 2.71 bits per heavy atom. The molecule has 0 aliphatic carbocycles. The molecule has 1 amide bonds. The van der Waals surface area contributed by atoms with Crippen LogP contribution in [-0.2, 0) is 32.5 Å². The minimum Gasteiger partial charge on any atom is -0.381 e. The molecule has 5 nitrogen and oxygen atoms in total. The molecule has 4 rings (SSSR count). The van der Waals surface area contributed by atoms with Gasteiger partial charge in [-0.2, -0.15) is 0 Å². The van der Waals surface area contributed by atoms with E-state index >= 15 is 0 Å². The summed E-state index contributed by atoms with van der Waals surface area (Å²) in [5, 5.41) is 4.27. The van der Waals surface area contributed by atoms with Gasteiger partial charge in [0.15, 0.2) is 0 Å². The summed E-state index contributed by atoms with van der Waals surface area (Å²) in [6, 6.07) is 15.7. The summed E-state index contributed by atoms with van der Waals surface area (Å²) in [7, 11) is -0.931. The number of hydrogen-bond donors (Lipinski definition) is 1. The second-order valence-corrected chi connectivity index (χ2v) is 9.80. The molecule has 1 N–H and O–H groups in total. The van der Waals surface area contributed by atoms with E-state index in [9.17, 15) is 9.00 Å². The van der Waals surface area contributed by atoms with Gasteiger partial charge in [-0.05, 0) is 61.6 Å². The van der Waals surface area contributed by atoms with Crippen LogP contribution in [0.4, 0.5) is 5.69 Å². The minimum absolute atomic E-state index is 0.0778. The maximum absolute atomic E-state index is 12.8. The number of benzene rings is 2. The average Bonchev–Trinajstić information content (AvgIpc) is 2.77. The van der Waals surface area contributed by atoms with Gasteiger partial charge in [-0.15, -0.1) is 0 Å². The number of aromatic nitrogens is 1. The molecule has 3 aromatic rings. The first-order valence-corrected chi connectivity index (χ1v) is 12.1. The summed E-state index contributed by atoms with van der Waals surface area (Å²) in [6.45, 7) is 5.38. The molecule has 0 saturated carbocycles. The highest BCUT2D eigenvalue weighted by molar-refractivity contribution is 7.84. The highest BCUT2D eigenvalue weighted by Crippen LogP contribution is 2.24. The second-order valence-electron chi connectivity index (χ2n) is 8.08. The lowest BCUT2D eigenvalue weighted by Crippen LogP contribution is -2.25. The third-order valence-electron chi connectivity index (χ3n) is 5.88. The molecule has 0 bridgehead atoms. The molecule has 1 saturated heterocycles. The SMILES string of the molecule is Cc1nc2ccccc2c(C)c1CC(=O)Nc1cccc(CS(=O)C2CCOCC2)c1. The number of carbonyl (C=O) groups is 1. The Labute approximate surface area is 185 Å². The van der Waals surface area contributed by atoms with Crippen molar-refractivity contribution in [2.75, 3.05) is 18.5 Å². The van der Waals surface area contributed by atoms with E-state index in [1.165, 1.54) is 0 Å². The second kappa shape index (κ2) is 9.71. The highest BCUT2D eigenvalue weighted by Gasteiger charge is 2.20. The fraction of sp³-hybridized carbons (Fsp3) is 0.360. The number of pyridine rings is 1. The first-order valence-electron chi connectivity index (χ1n) is 10.7. The number of para-hydroxylation sites is 1. The van der Waals surface area contributed by atoms with Crippen LogP contribution in [0.1, 0.15) is 35.2 Å². The molecule has 31 heavy (non-hydrogen) atoms. The molecule has 2 aromatic carbocycles. The van der Waals surface area contributed by atoms with E-state index < -0.39 is 10.8 Å². The van der Waals surface area contributed by atoms with Crippen LogP contribution in [0, 0.1) is 13.8 Å². The van der Waals surface area contributed by atoms with Crippen molar-refractivity contribution in [1.29, 1.82) is 0 Å². The average molecular weight is 437 g/mol. The molecule has 0 radical (unpaired) electrons. The topological polar surface area (TPSA) is 68.3 Å². The number of nitrogens with one attached hydrogen (secondary N) is 1. The predicted octanol–water partition coefficient (Wildman–Crippen LogP) is 4.46. The van der Waals surface area contributed by atoms with Gasteiger partial charge in [0.1, 0.15) is 0 Å². The summed E-state index contributed by atoms with van der Waals surface area (Å²) in [5.74, 6) is 0.423. The first-order chi connectivity index (χ1) is 15.0. The van der Waals surface area contributed by atoms with Crippen LogP contribution in [0.2, 0.25) is 0 Å². The van der Waals surface area contributed by atoms with Gasteiger partial charge in [-0.3, -0.25) is 14.0 Å². The van der Waals surface area contributed by atoms with Crippen molar-refractivity contribution in [3.63, 3.8) is 0 Å². The van der Waals surface area contributed by atoms with Crippen molar-refractivity contribution < 1.29 is 13.7 Å². The van der Waals surface area contributed by atoms with E-state index in [1.54, 1.807) is 0 Å². The fourth-order valence-corrected chi connectivity index (χ4v) is 5.62. The normalized spacial score (nSPS) is 15.7. The number of amides is 1. The lowest BCUT2D eigenvalue weighted by molar-refractivity contribution is -0.115. The molecule has 1 unspecified atom stereocenters. The number of carbonyl (C=O) groups excluding carboxylic acids is 1. The molecule has 1 aromatic heterocycles. The molecule has 2 heterocycles. The van der Waals surface area contributed by atoms with Gasteiger partial charge in [0, 0.05) is 51.8 Å². The summed E-state index contributed by atoms with van der Waals surface area (Å²) in [4.78, 5) is 17.5. The molecular weight excluding hydrogens is 408 g/mol. The van der Waals surface area contributed by atoms with Crippen LogP contribution >= 0.6 is 0 Å². The van der Waals surface area contributed by atoms with Crippen LogP contribution in [-0.4, -0.2) is 33.6 Å². The number of hydrogen-bond acceptors (Lipinski definition) is 4. The van der Waals surface area contributed by atoms with Crippen molar-refractivity contribution in [3.05, 3.63) is 70.9 Å². The van der Waals surface area contributed by atoms with E-state index in [2.05, 4.69) is 10.3 Å². The minimum atomic E-state index is -0.931. The van der Waals surface area contributed by atoms with E-state index in [0.29, 0.717) is 19.0 Å². The number of nitrogens with zero attached hydrogens (tertiary/aromatic N) is 1. The van der Waals surface area contributed by atoms with Crippen molar-refractivity contribution in [3.8, 4) is 0 Å². The zero-order chi connectivity index (χ0) is 21.8. The third kappa shape index (κ3) is 5.20. The van der Waals surface area contributed by atoms with Crippen LogP contribution in [0.15, 0.2) is 48.5 Å². The van der Waals surface area contributed by atoms with Gasteiger partial charge in [0.05, 0.1) is 11.9 Å². The number of ether oxygens (including phenoxy) is 1. The molecule has 1 atom stereocenters. The molecule has 1 fully saturated rings. The van der Waals surface area contributed by atoms with Crippen LogP contribution < -0.4 is 5.32 Å². The molecule has 1 aliphatic rings. The maximum atomic E-state index is 12.8. The molecule has 1 aliphatic heterocycles. The summed E-state index contributed by atoms with van der Waals surface area (Å²) >= 11 is 0. The van der Waals surface area contributed by atoms with Crippen LogP contribution in [0.3, 0.4) is 0 Å². The Kier molecular flexibility index (Phi) is 6.78.